The summed E-state index contributed by atoms with van der Waals surface area (Å²) in [6, 6.07) is 20.5. The Bertz CT molecular complexity index is 613. The number of benzene rings is 2. The molecule has 0 amide bonds. The van der Waals surface area contributed by atoms with Gasteiger partial charge in [-0.1, -0.05) is 60.7 Å². The molecule has 0 aliphatic carbocycles. The minimum absolute atomic E-state index is 0.0633. The average Bonchev–Trinajstić information content (AvgIpc) is 2.48. The highest BCUT2D eigenvalue weighted by Gasteiger charge is 2.20. The summed E-state index contributed by atoms with van der Waals surface area (Å²) in [5.41, 5.74) is 2.54. The predicted molar refractivity (Wildman–Crippen MR) is 93.6 cm³/mol. The summed E-state index contributed by atoms with van der Waals surface area (Å²) in [6.07, 6.45) is 0.502. The Labute approximate surface area is 135 Å². The van der Waals surface area contributed by atoms with Crippen LogP contribution in [0.5, 0.6) is 0 Å². The fraction of sp³-hybridized carbons (Fsp3) is 0.294. The van der Waals surface area contributed by atoms with Crippen LogP contribution in [0.15, 0.2) is 60.7 Å². The lowest BCUT2D eigenvalue weighted by atomic mass is 10.2. The molecule has 0 aliphatic rings. The van der Waals surface area contributed by atoms with Crippen LogP contribution in [-0.2, 0) is 32.5 Å². The summed E-state index contributed by atoms with van der Waals surface area (Å²) in [6.45, 7) is 0. The molecule has 1 N–H and O–H groups in total. The van der Waals surface area contributed by atoms with Crippen molar-refractivity contribution in [2.24, 2.45) is 0 Å². The van der Waals surface area contributed by atoms with E-state index in [1.165, 1.54) is 11.1 Å². The first-order chi connectivity index (χ1) is 10.5. The van der Waals surface area contributed by atoms with E-state index in [0.717, 1.165) is 17.3 Å². The third kappa shape index (κ3) is 6.64. The molecule has 0 unspecified atom stereocenters. The molecule has 118 valence electrons. The van der Waals surface area contributed by atoms with Gasteiger partial charge in [-0.15, -0.1) is 0 Å². The first-order valence-corrected chi connectivity index (χ1v) is 10.5. The maximum Gasteiger partial charge on any atom is 0.265 e. The highest BCUT2D eigenvalue weighted by Crippen LogP contribution is 2.16. The Morgan fingerprint density at radius 3 is 1.68 bits per heavy atom. The molecule has 0 saturated heterocycles. The van der Waals surface area contributed by atoms with Crippen LogP contribution in [0.25, 0.3) is 0 Å². The average molecular weight is 337 g/mol. The van der Waals surface area contributed by atoms with Gasteiger partial charge in [0.15, 0.2) is 0 Å². The molecule has 0 atom stereocenters. The highest BCUT2D eigenvalue weighted by molar-refractivity contribution is 7.95. The lowest BCUT2D eigenvalue weighted by Crippen LogP contribution is -2.16. The molecule has 0 aromatic heterocycles. The summed E-state index contributed by atoms with van der Waals surface area (Å²) in [5, 5.41) is 0. The Hall–Kier alpha value is -1.30. The lowest BCUT2D eigenvalue weighted by Gasteiger charge is -2.09. The van der Waals surface area contributed by atoms with Crippen molar-refractivity contribution in [3.8, 4) is 0 Å². The Morgan fingerprint density at radius 2 is 1.27 bits per heavy atom. The smallest absolute Gasteiger partial charge is 0.265 e. The molecule has 2 aromatic rings. The topological polar surface area (TPSA) is 54.4 Å². The van der Waals surface area contributed by atoms with Crippen molar-refractivity contribution < 1.29 is 13.0 Å². The molecule has 2 rings (SSSR count). The van der Waals surface area contributed by atoms with E-state index in [-0.39, 0.29) is 16.6 Å². The van der Waals surface area contributed by atoms with Crippen LogP contribution < -0.4 is 0 Å². The van der Waals surface area contributed by atoms with E-state index < -0.39 is 10.1 Å². The highest BCUT2D eigenvalue weighted by atomic mass is 32.2. The second kappa shape index (κ2) is 8.36. The SMILES string of the molecule is O=S(=O)(O)CCC[S+](Cc1ccccc1)Cc1ccccc1. The van der Waals surface area contributed by atoms with Crippen LogP contribution in [0.4, 0.5) is 0 Å². The summed E-state index contributed by atoms with van der Waals surface area (Å²) in [5.74, 6) is 2.55. The van der Waals surface area contributed by atoms with Gasteiger partial charge in [0, 0.05) is 17.5 Å². The monoisotopic (exact) mass is 337 g/mol. The Balaban J connectivity index is 2.00. The second-order valence-corrected chi connectivity index (χ2v) is 9.00. The molecular formula is C17H21O3S2+. The molecule has 0 heterocycles. The van der Waals surface area contributed by atoms with Crippen molar-refractivity contribution in [3.63, 3.8) is 0 Å². The zero-order valence-electron chi connectivity index (χ0n) is 12.4. The maximum atomic E-state index is 10.9. The van der Waals surface area contributed by atoms with Gasteiger partial charge in [0.05, 0.1) is 5.75 Å². The third-order valence-corrected chi connectivity index (χ3v) is 6.42. The van der Waals surface area contributed by atoms with Crippen molar-refractivity contribution >= 4 is 21.0 Å². The molecule has 3 nitrogen and oxygen atoms in total. The molecule has 0 fully saturated rings. The molecule has 0 bridgehead atoms. The van der Waals surface area contributed by atoms with Crippen LogP contribution in [0, 0.1) is 0 Å². The molecule has 0 spiro atoms. The van der Waals surface area contributed by atoms with E-state index in [4.69, 9.17) is 4.55 Å². The standard InChI is InChI=1S/C17H20O3S2/c18-22(19,20)13-7-12-21(14-16-8-3-1-4-9-16)15-17-10-5-2-6-11-17/h1-6,8-11H,7,12-15H2/p+1. The molecule has 5 heteroatoms. The fourth-order valence-corrected chi connectivity index (χ4v) is 5.22. The van der Waals surface area contributed by atoms with Gasteiger partial charge in [-0.05, 0) is 10.9 Å². The summed E-state index contributed by atoms with van der Waals surface area (Å²) in [4.78, 5) is 0. The number of hydrogen-bond donors (Lipinski definition) is 1. The van der Waals surface area contributed by atoms with Crippen LogP contribution in [0.2, 0.25) is 0 Å². The molecule has 22 heavy (non-hydrogen) atoms. The van der Waals surface area contributed by atoms with Gasteiger partial charge >= 0.3 is 0 Å². The van der Waals surface area contributed by atoms with Crippen LogP contribution >= 0.6 is 0 Å². The quantitative estimate of drug-likeness (QED) is 0.594. The molecular weight excluding hydrogens is 316 g/mol. The third-order valence-electron chi connectivity index (χ3n) is 3.26. The first kappa shape index (κ1) is 17.1. The second-order valence-electron chi connectivity index (χ2n) is 5.22. The van der Waals surface area contributed by atoms with Gasteiger partial charge in [0.2, 0.25) is 0 Å². The van der Waals surface area contributed by atoms with E-state index in [2.05, 4.69) is 24.3 Å². The van der Waals surface area contributed by atoms with Gasteiger partial charge in [-0.2, -0.15) is 8.42 Å². The van der Waals surface area contributed by atoms with Crippen LogP contribution in [-0.4, -0.2) is 24.5 Å². The van der Waals surface area contributed by atoms with Crippen LogP contribution in [0.1, 0.15) is 17.5 Å². The van der Waals surface area contributed by atoms with E-state index >= 15 is 0 Å². The number of hydrogen-bond acceptors (Lipinski definition) is 2. The summed E-state index contributed by atoms with van der Waals surface area (Å²) >= 11 is 0. The van der Waals surface area contributed by atoms with Gasteiger partial charge in [0.25, 0.3) is 10.1 Å². The van der Waals surface area contributed by atoms with Crippen LogP contribution in [0.3, 0.4) is 0 Å². The molecule has 0 saturated carbocycles. The van der Waals surface area contributed by atoms with E-state index in [1.807, 2.05) is 36.4 Å². The minimum atomic E-state index is -3.86. The van der Waals surface area contributed by atoms with Crippen molar-refractivity contribution in [2.45, 2.75) is 17.9 Å². The minimum Gasteiger partial charge on any atom is -0.286 e. The van der Waals surface area contributed by atoms with Crippen molar-refractivity contribution in [2.75, 3.05) is 11.5 Å². The Kier molecular flexibility index (Phi) is 6.49. The van der Waals surface area contributed by atoms with E-state index in [1.54, 1.807) is 0 Å². The van der Waals surface area contributed by atoms with E-state index in [9.17, 15) is 8.42 Å². The van der Waals surface area contributed by atoms with E-state index in [0.29, 0.717) is 6.42 Å². The molecule has 2 aromatic carbocycles. The lowest BCUT2D eigenvalue weighted by molar-refractivity contribution is 0.482. The fourth-order valence-electron chi connectivity index (χ4n) is 2.26. The van der Waals surface area contributed by atoms with Gasteiger partial charge in [-0.25, -0.2) is 0 Å². The number of rotatable bonds is 8. The van der Waals surface area contributed by atoms with Gasteiger partial charge in [0.1, 0.15) is 17.3 Å². The summed E-state index contributed by atoms with van der Waals surface area (Å²) in [7, 11) is -3.80. The van der Waals surface area contributed by atoms with Gasteiger partial charge < -0.3 is 0 Å². The zero-order chi connectivity index (χ0) is 15.8. The van der Waals surface area contributed by atoms with Gasteiger partial charge in [-0.3, -0.25) is 4.55 Å². The first-order valence-electron chi connectivity index (χ1n) is 7.20. The summed E-state index contributed by atoms with van der Waals surface area (Å²) < 4.78 is 30.7. The molecule has 0 aliphatic heterocycles. The molecule has 0 radical (unpaired) electrons. The Morgan fingerprint density at radius 1 is 0.818 bits per heavy atom. The maximum absolute atomic E-state index is 10.9. The van der Waals surface area contributed by atoms with Crippen molar-refractivity contribution in [1.82, 2.24) is 0 Å². The predicted octanol–water partition coefficient (Wildman–Crippen LogP) is 3.28. The normalized spacial score (nSPS) is 11.7. The van der Waals surface area contributed by atoms with Crippen molar-refractivity contribution in [1.29, 1.82) is 0 Å². The zero-order valence-corrected chi connectivity index (χ0v) is 14.0. The van der Waals surface area contributed by atoms with Crippen molar-refractivity contribution in [3.05, 3.63) is 71.8 Å². The largest absolute Gasteiger partial charge is 0.286 e.